The maximum Gasteiger partial charge on any atom is 0.494 e. The number of carbonyl (C=O) groups is 2. The standard InChI is InChI=1S/C28H39BN4O7/c1-17(2)22(32-25(35)36-7)24(34)33-16-28(37-12-13-38-28)14-21(33)23-30-15-20(31-23)18-8-10-19(11-9-18)29-39-26(3,4)27(5,6)40-29/h8-11,15,17,21-22H,12-14,16H2,1-7H3,(H,30,31)(H,32,35)/t21-,22-/m0/s1. The van der Waals surface area contributed by atoms with Gasteiger partial charge in [0.05, 0.1) is 56.0 Å². The molecule has 1 spiro atoms. The lowest BCUT2D eigenvalue weighted by molar-refractivity contribution is -0.153. The molecule has 2 N–H and O–H groups in total. The summed E-state index contributed by atoms with van der Waals surface area (Å²) in [6.45, 7) is 13.0. The van der Waals surface area contributed by atoms with Crippen LogP contribution in [0.5, 0.6) is 0 Å². The van der Waals surface area contributed by atoms with Crippen LogP contribution < -0.4 is 10.8 Å². The Bertz CT molecular complexity index is 1220. The molecule has 1 aromatic heterocycles. The average molecular weight is 554 g/mol. The minimum Gasteiger partial charge on any atom is -0.453 e. The van der Waals surface area contributed by atoms with Gasteiger partial charge in [0.2, 0.25) is 5.91 Å². The molecule has 5 rings (SSSR count). The molecule has 2 aromatic rings. The van der Waals surface area contributed by atoms with Crippen molar-refractivity contribution in [2.24, 2.45) is 5.92 Å². The van der Waals surface area contributed by atoms with Crippen LogP contribution in [0.25, 0.3) is 11.3 Å². The summed E-state index contributed by atoms with van der Waals surface area (Å²) in [5, 5.41) is 2.68. The third kappa shape index (κ3) is 5.25. The molecule has 12 heteroatoms. The minimum absolute atomic E-state index is 0.163. The zero-order chi connectivity index (χ0) is 28.9. The minimum atomic E-state index is -0.898. The van der Waals surface area contributed by atoms with Gasteiger partial charge in [-0.05, 0) is 44.6 Å². The van der Waals surface area contributed by atoms with Gasteiger partial charge in [-0.1, -0.05) is 38.1 Å². The van der Waals surface area contributed by atoms with Gasteiger partial charge in [0, 0.05) is 6.42 Å². The number of ether oxygens (including phenoxy) is 3. The molecule has 3 saturated heterocycles. The molecule has 0 radical (unpaired) electrons. The van der Waals surface area contributed by atoms with Crippen LogP contribution in [-0.2, 0) is 28.3 Å². The maximum absolute atomic E-state index is 13.8. The summed E-state index contributed by atoms with van der Waals surface area (Å²) in [4.78, 5) is 35.5. The predicted octanol–water partition coefficient (Wildman–Crippen LogP) is 2.77. The number of carbonyl (C=O) groups excluding carboxylic acids is 2. The number of nitrogens with zero attached hydrogens (tertiary/aromatic N) is 2. The fourth-order valence-electron chi connectivity index (χ4n) is 5.35. The second-order valence-corrected chi connectivity index (χ2v) is 12.0. The Labute approximate surface area is 235 Å². The van der Waals surface area contributed by atoms with Crippen LogP contribution in [0.4, 0.5) is 4.79 Å². The number of methoxy groups -OCH3 is 1. The largest absolute Gasteiger partial charge is 0.494 e. The Morgan fingerprint density at radius 2 is 1.73 bits per heavy atom. The Kier molecular flexibility index (Phi) is 7.49. The van der Waals surface area contributed by atoms with E-state index in [1.165, 1.54) is 7.11 Å². The van der Waals surface area contributed by atoms with Crippen LogP contribution in [0, 0.1) is 5.92 Å². The zero-order valence-corrected chi connectivity index (χ0v) is 24.3. The average Bonchev–Trinajstić information content (AvgIpc) is 3.69. The highest BCUT2D eigenvalue weighted by Gasteiger charge is 2.53. The number of imidazole rings is 1. The van der Waals surface area contributed by atoms with E-state index in [0.717, 1.165) is 16.7 Å². The number of likely N-dealkylation sites (tertiary alicyclic amines) is 1. The summed E-state index contributed by atoms with van der Waals surface area (Å²) in [7, 11) is 0.835. The van der Waals surface area contributed by atoms with Crippen molar-refractivity contribution in [1.29, 1.82) is 0 Å². The number of nitrogens with one attached hydrogen (secondary N) is 2. The van der Waals surface area contributed by atoms with Gasteiger partial charge in [-0.25, -0.2) is 9.78 Å². The molecule has 0 aliphatic carbocycles. The number of H-pyrrole nitrogens is 1. The third-order valence-electron chi connectivity index (χ3n) is 8.44. The van der Waals surface area contributed by atoms with Crippen LogP contribution in [0.1, 0.15) is 59.8 Å². The topological polar surface area (TPSA) is 124 Å². The fraction of sp³-hybridized carbons (Fsp3) is 0.607. The molecule has 216 valence electrons. The summed E-state index contributed by atoms with van der Waals surface area (Å²) in [6.07, 6.45) is 1.53. The van der Waals surface area contributed by atoms with Crippen LogP contribution in [0.3, 0.4) is 0 Å². The summed E-state index contributed by atoms with van der Waals surface area (Å²) in [5.41, 5.74) is 1.86. The molecule has 4 heterocycles. The molecule has 0 bridgehead atoms. The van der Waals surface area contributed by atoms with E-state index in [2.05, 4.69) is 15.3 Å². The number of aromatic nitrogens is 2. The van der Waals surface area contributed by atoms with E-state index in [9.17, 15) is 9.59 Å². The molecule has 3 aliphatic rings. The summed E-state index contributed by atoms with van der Waals surface area (Å²) >= 11 is 0. The van der Waals surface area contributed by atoms with Gasteiger partial charge in [-0.2, -0.15) is 0 Å². The first-order valence-electron chi connectivity index (χ1n) is 13.8. The normalized spacial score (nSPS) is 23.6. The molecular formula is C28H39BN4O7. The van der Waals surface area contributed by atoms with Crippen molar-refractivity contribution in [2.75, 3.05) is 26.9 Å². The maximum atomic E-state index is 13.8. The zero-order valence-electron chi connectivity index (χ0n) is 24.3. The van der Waals surface area contributed by atoms with Gasteiger partial charge in [-0.15, -0.1) is 0 Å². The Morgan fingerprint density at radius 1 is 1.10 bits per heavy atom. The van der Waals surface area contributed by atoms with E-state index in [-0.39, 0.29) is 18.4 Å². The number of aromatic amines is 1. The molecule has 3 fully saturated rings. The van der Waals surface area contributed by atoms with E-state index in [1.807, 2.05) is 65.8 Å². The van der Waals surface area contributed by atoms with Gasteiger partial charge < -0.3 is 38.7 Å². The van der Waals surface area contributed by atoms with Crippen molar-refractivity contribution in [2.45, 2.75) is 77.0 Å². The Hall–Kier alpha value is -2.93. The predicted molar refractivity (Wildman–Crippen MR) is 148 cm³/mol. The van der Waals surface area contributed by atoms with E-state index >= 15 is 0 Å². The van der Waals surface area contributed by atoms with Gasteiger partial charge >= 0.3 is 13.2 Å². The fourth-order valence-corrected chi connectivity index (χ4v) is 5.35. The Balaban J connectivity index is 1.37. The summed E-state index contributed by atoms with van der Waals surface area (Å²) < 4.78 is 29.0. The SMILES string of the molecule is COC(=O)N[C@H](C(=O)N1CC2(C[C@H]1c1ncc(-c3ccc(B4OC(C)(C)C(C)(C)O4)cc3)[nH]1)OCCO2)C(C)C. The number of amides is 2. The highest BCUT2D eigenvalue weighted by atomic mass is 16.7. The molecule has 2 amide bonds. The van der Waals surface area contributed by atoms with Gasteiger partial charge in [0.15, 0.2) is 5.79 Å². The lowest BCUT2D eigenvalue weighted by Gasteiger charge is -2.32. The van der Waals surface area contributed by atoms with Gasteiger partial charge in [-0.3, -0.25) is 4.79 Å². The molecule has 11 nitrogen and oxygen atoms in total. The number of hydrogen-bond acceptors (Lipinski definition) is 8. The second kappa shape index (κ2) is 10.5. The van der Waals surface area contributed by atoms with Crippen LogP contribution >= 0.6 is 0 Å². The molecule has 0 unspecified atom stereocenters. The van der Waals surface area contributed by atoms with Crippen LogP contribution in [0.15, 0.2) is 30.5 Å². The third-order valence-corrected chi connectivity index (χ3v) is 8.44. The lowest BCUT2D eigenvalue weighted by atomic mass is 9.79. The molecule has 40 heavy (non-hydrogen) atoms. The second-order valence-electron chi connectivity index (χ2n) is 12.0. The first kappa shape index (κ1) is 28.6. The molecule has 0 saturated carbocycles. The molecule has 1 aromatic carbocycles. The van der Waals surface area contributed by atoms with E-state index in [4.69, 9.17) is 23.5 Å². The summed E-state index contributed by atoms with van der Waals surface area (Å²) in [5.74, 6) is -0.685. The number of rotatable bonds is 6. The van der Waals surface area contributed by atoms with Crippen molar-refractivity contribution in [3.8, 4) is 11.3 Å². The quantitative estimate of drug-likeness (QED) is 0.523. The smallest absolute Gasteiger partial charge is 0.453 e. The molecule has 3 aliphatic heterocycles. The molecular weight excluding hydrogens is 515 g/mol. The van der Waals surface area contributed by atoms with Crippen molar-refractivity contribution in [3.05, 3.63) is 36.3 Å². The highest BCUT2D eigenvalue weighted by Crippen LogP contribution is 2.42. The Morgan fingerprint density at radius 3 is 2.30 bits per heavy atom. The molecule has 2 atom stereocenters. The van der Waals surface area contributed by atoms with Crippen molar-refractivity contribution >= 4 is 24.6 Å². The van der Waals surface area contributed by atoms with Crippen LogP contribution in [0.2, 0.25) is 0 Å². The highest BCUT2D eigenvalue weighted by molar-refractivity contribution is 6.62. The van der Waals surface area contributed by atoms with E-state index in [1.54, 1.807) is 11.1 Å². The number of hydrogen-bond donors (Lipinski definition) is 2. The van der Waals surface area contributed by atoms with Crippen molar-refractivity contribution in [3.63, 3.8) is 0 Å². The van der Waals surface area contributed by atoms with Crippen LogP contribution in [-0.4, -0.2) is 83.9 Å². The van der Waals surface area contributed by atoms with E-state index in [0.29, 0.717) is 25.5 Å². The van der Waals surface area contributed by atoms with E-state index < -0.39 is 42.3 Å². The monoisotopic (exact) mass is 554 g/mol. The lowest BCUT2D eigenvalue weighted by Crippen LogP contribution is -2.52. The number of alkyl carbamates (subject to hydrolysis) is 1. The number of benzene rings is 1. The van der Waals surface area contributed by atoms with Crippen molar-refractivity contribution in [1.82, 2.24) is 20.2 Å². The first-order valence-corrected chi connectivity index (χ1v) is 13.8. The van der Waals surface area contributed by atoms with Gasteiger partial charge in [0.1, 0.15) is 11.9 Å². The first-order chi connectivity index (χ1) is 18.8. The summed E-state index contributed by atoms with van der Waals surface area (Å²) in [6, 6.07) is 6.77. The van der Waals surface area contributed by atoms with Crippen molar-refractivity contribution < 1.29 is 33.1 Å². The van der Waals surface area contributed by atoms with Gasteiger partial charge in [0.25, 0.3) is 0 Å².